The number of rotatable bonds is 4. The molecule has 2 aromatic rings. The minimum absolute atomic E-state index is 0.107. The zero-order chi connectivity index (χ0) is 16.3. The first-order valence-corrected chi connectivity index (χ1v) is 7.38. The summed E-state index contributed by atoms with van der Waals surface area (Å²) in [6.45, 7) is 1.56. The van der Waals surface area contributed by atoms with Crippen molar-refractivity contribution in [3.63, 3.8) is 0 Å². The molecule has 2 aromatic carbocycles. The minimum Gasteiger partial charge on any atom is -0.481 e. The van der Waals surface area contributed by atoms with Crippen LogP contribution in [0.2, 0.25) is 15.1 Å². The van der Waals surface area contributed by atoms with E-state index in [4.69, 9.17) is 39.5 Å². The lowest BCUT2D eigenvalue weighted by molar-refractivity contribution is -0.122. The summed E-state index contributed by atoms with van der Waals surface area (Å²) >= 11 is 17.5. The summed E-state index contributed by atoms with van der Waals surface area (Å²) in [7, 11) is 0. The van der Waals surface area contributed by atoms with E-state index in [0.29, 0.717) is 21.5 Å². The standard InChI is InChI=1S/C15H11Cl3FNO2/c1-8(22-10-3-4-11(16)12(17)7-10)15(21)20-14-5-2-9(19)6-13(14)18/h2-8H,1H3,(H,20,21)/t8-/m0/s1. The van der Waals surface area contributed by atoms with E-state index in [0.717, 1.165) is 6.07 Å². The van der Waals surface area contributed by atoms with Crippen LogP contribution in [0.15, 0.2) is 36.4 Å². The Balaban J connectivity index is 2.04. The van der Waals surface area contributed by atoms with Crippen molar-refractivity contribution in [2.45, 2.75) is 13.0 Å². The molecule has 1 atom stereocenters. The van der Waals surface area contributed by atoms with Crippen LogP contribution < -0.4 is 10.1 Å². The third-order valence-electron chi connectivity index (χ3n) is 2.76. The van der Waals surface area contributed by atoms with Gasteiger partial charge in [0.1, 0.15) is 11.6 Å². The maximum atomic E-state index is 13.0. The number of nitrogens with one attached hydrogen (secondary N) is 1. The second-order valence-electron chi connectivity index (χ2n) is 4.45. The predicted molar refractivity (Wildman–Crippen MR) is 86.6 cm³/mol. The van der Waals surface area contributed by atoms with Crippen molar-refractivity contribution in [2.24, 2.45) is 0 Å². The lowest BCUT2D eigenvalue weighted by atomic mass is 10.3. The zero-order valence-corrected chi connectivity index (χ0v) is 13.6. The van der Waals surface area contributed by atoms with E-state index >= 15 is 0 Å². The van der Waals surface area contributed by atoms with E-state index in [1.807, 2.05) is 0 Å². The number of anilines is 1. The Hall–Kier alpha value is -1.49. The van der Waals surface area contributed by atoms with Gasteiger partial charge in [0.2, 0.25) is 0 Å². The molecular weight excluding hydrogens is 352 g/mol. The molecule has 3 nitrogen and oxygen atoms in total. The molecule has 0 aromatic heterocycles. The highest BCUT2D eigenvalue weighted by molar-refractivity contribution is 6.42. The summed E-state index contributed by atoms with van der Waals surface area (Å²) < 4.78 is 18.4. The fraction of sp³-hybridized carbons (Fsp3) is 0.133. The molecule has 0 spiro atoms. The SMILES string of the molecule is C[C@H](Oc1ccc(Cl)c(Cl)c1)C(=O)Nc1ccc(F)cc1Cl. The van der Waals surface area contributed by atoms with Crippen LogP contribution in [-0.2, 0) is 4.79 Å². The molecule has 2 rings (SSSR count). The number of carbonyl (C=O) groups excluding carboxylic acids is 1. The molecule has 7 heteroatoms. The Labute approximate surface area is 141 Å². The number of hydrogen-bond donors (Lipinski definition) is 1. The Bertz CT molecular complexity index is 709. The maximum absolute atomic E-state index is 13.0. The Kier molecular flexibility index (Phi) is 5.51. The van der Waals surface area contributed by atoms with Crippen molar-refractivity contribution in [1.29, 1.82) is 0 Å². The molecule has 0 saturated carbocycles. The van der Waals surface area contributed by atoms with Crippen LogP contribution in [0.3, 0.4) is 0 Å². The third kappa shape index (κ3) is 4.26. The molecule has 0 unspecified atom stereocenters. The fourth-order valence-electron chi connectivity index (χ4n) is 1.63. The molecule has 116 valence electrons. The predicted octanol–water partition coefficient (Wildman–Crippen LogP) is 5.19. The lowest BCUT2D eigenvalue weighted by Gasteiger charge is -2.15. The topological polar surface area (TPSA) is 38.3 Å². The Morgan fingerprint density at radius 3 is 2.45 bits per heavy atom. The normalized spacial score (nSPS) is 11.9. The van der Waals surface area contributed by atoms with Gasteiger partial charge in [0.05, 0.1) is 20.8 Å². The molecule has 0 heterocycles. The first-order chi connectivity index (χ1) is 10.4. The molecular formula is C15H11Cl3FNO2. The Morgan fingerprint density at radius 1 is 1.09 bits per heavy atom. The van der Waals surface area contributed by atoms with Gasteiger partial charge in [0, 0.05) is 6.07 Å². The van der Waals surface area contributed by atoms with Gasteiger partial charge in [-0.15, -0.1) is 0 Å². The molecule has 0 fully saturated rings. The highest BCUT2D eigenvalue weighted by Gasteiger charge is 2.16. The first-order valence-electron chi connectivity index (χ1n) is 6.24. The van der Waals surface area contributed by atoms with E-state index in [1.165, 1.54) is 18.2 Å². The second kappa shape index (κ2) is 7.18. The average Bonchev–Trinajstić information content (AvgIpc) is 2.45. The van der Waals surface area contributed by atoms with Crippen molar-refractivity contribution < 1.29 is 13.9 Å². The third-order valence-corrected chi connectivity index (χ3v) is 3.81. The van der Waals surface area contributed by atoms with Crippen LogP contribution in [0.1, 0.15) is 6.92 Å². The second-order valence-corrected chi connectivity index (χ2v) is 5.67. The highest BCUT2D eigenvalue weighted by Crippen LogP contribution is 2.27. The van der Waals surface area contributed by atoms with Crippen LogP contribution in [-0.4, -0.2) is 12.0 Å². The summed E-state index contributed by atoms with van der Waals surface area (Å²) in [4.78, 5) is 12.1. The zero-order valence-electron chi connectivity index (χ0n) is 11.4. The average molecular weight is 363 g/mol. The van der Waals surface area contributed by atoms with Crippen LogP contribution in [0.4, 0.5) is 10.1 Å². The molecule has 0 aliphatic carbocycles. The quantitative estimate of drug-likeness (QED) is 0.812. The van der Waals surface area contributed by atoms with Gasteiger partial charge in [-0.1, -0.05) is 34.8 Å². The summed E-state index contributed by atoms with van der Waals surface area (Å²) in [5.74, 6) is -0.509. The van der Waals surface area contributed by atoms with Crippen molar-refractivity contribution in [1.82, 2.24) is 0 Å². The summed E-state index contributed by atoms with van der Waals surface area (Å²) in [6, 6.07) is 8.37. The summed E-state index contributed by atoms with van der Waals surface area (Å²) in [5, 5.41) is 3.39. The number of amides is 1. The van der Waals surface area contributed by atoms with Crippen LogP contribution in [0.5, 0.6) is 5.75 Å². The largest absolute Gasteiger partial charge is 0.481 e. The van der Waals surface area contributed by atoms with Gasteiger partial charge in [-0.25, -0.2) is 4.39 Å². The van der Waals surface area contributed by atoms with Gasteiger partial charge in [-0.05, 0) is 37.3 Å². The maximum Gasteiger partial charge on any atom is 0.265 e. The van der Waals surface area contributed by atoms with Crippen LogP contribution in [0.25, 0.3) is 0 Å². The number of halogens is 4. The minimum atomic E-state index is -0.807. The summed E-state index contributed by atoms with van der Waals surface area (Å²) in [5.41, 5.74) is 0.303. The molecule has 0 aliphatic heterocycles. The molecule has 1 amide bonds. The molecule has 0 saturated heterocycles. The van der Waals surface area contributed by atoms with Gasteiger partial charge in [0.25, 0.3) is 5.91 Å². The fourth-order valence-corrected chi connectivity index (χ4v) is 2.14. The van der Waals surface area contributed by atoms with E-state index in [2.05, 4.69) is 5.32 Å². The van der Waals surface area contributed by atoms with Gasteiger partial charge in [0.15, 0.2) is 6.10 Å². The number of ether oxygens (including phenoxy) is 1. The smallest absolute Gasteiger partial charge is 0.265 e. The van der Waals surface area contributed by atoms with Crippen LogP contribution in [0, 0.1) is 5.82 Å². The van der Waals surface area contributed by atoms with Crippen LogP contribution >= 0.6 is 34.8 Å². The lowest BCUT2D eigenvalue weighted by Crippen LogP contribution is -2.30. The molecule has 22 heavy (non-hydrogen) atoms. The van der Waals surface area contributed by atoms with E-state index < -0.39 is 17.8 Å². The molecule has 0 bridgehead atoms. The van der Waals surface area contributed by atoms with E-state index in [1.54, 1.807) is 19.1 Å². The van der Waals surface area contributed by atoms with Crippen molar-refractivity contribution in [2.75, 3.05) is 5.32 Å². The number of benzene rings is 2. The van der Waals surface area contributed by atoms with E-state index in [-0.39, 0.29) is 5.02 Å². The van der Waals surface area contributed by atoms with Gasteiger partial charge < -0.3 is 10.1 Å². The van der Waals surface area contributed by atoms with E-state index in [9.17, 15) is 9.18 Å². The first kappa shape index (κ1) is 16.9. The molecule has 0 aliphatic rings. The molecule has 0 radical (unpaired) electrons. The molecule has 1 N–H and O–H groups in total. The Morgan fingerprint density at radius 2 is 1.82 bits per heavy atom. The van der Waals surface area contributed by atoms with Crippen molar-refractivity contribution >= 4 is 46.4 Å². The number of hydrogen-bond acceptors (Lipinski definition) is 2. The van der Waals surface area contributed by atoms with Crippen molar-refractivity contribution in [3.05, 3.63) is 57.3 Å². The monoisotopic (exact) mass is 361 g/mol. The highest BCUT2D eigenvalue weighted by atomic mass is 35.5. The van der Waals surface area contributed by atoms with Gasteiger partial charge >= 0.3 is 0 Å². The van der Waals surface area contributed by atoms with Gasteiger partial charge in [-0.3, -0.25) is 4.79 Å². The summed E-state index contributed by atoms with van der Waals surface area (Å²) in [6.07, 6.45) is -0.807. The van der Waals surface area contributed by atoms with Gasteiger partial charge in [-0.2, -0.15) is 0 Å². The van der Waals surface area contributed by atoms with Crippen molar-refractivity contribution in [3.8, 4) is 5.75 Å². The number of carbonyl (C=O) groups is 1.